The molecule has 0 aliphatic heterocycles. The summed E-state index contributed by atoms with van der Waals surface area (Å²) in [4.78, 5) is 0. The van der Waals surface area contributed by atoms with Gasteiger partial charge in [0, 0.05) is 3.57 Å². The summed E-state index contributed by atoms with van der Waals surface area (Å²) in [6.07, 6.45) is 2.75. The molecule has 1 aromatic carbocycles. The van der Waals surface area contributed by atoms with Gasteiger partial charge in [-0.1, -0.05) is 12.1 Å². The fourth-order valence-corrected chi connectivity index (χ4v) is 1.60. The van der Waals surface area contributed by atoms with Gasteiger partial charge in [0.15, 0.2) is 0 Å². The topological polar surface area (TPSA) is 0 Å². The van der Waals surface area contributed by atoms with Gasteiger partial charge in [0.05, 0.1) is 0 Å². The Morgan fingerprint density at radius 1 is 1.36 bits per heavy atom. The first-order chi connectivity index (χ1) is 5.27. The number of halogens is 1. The first-order valence-corrected chi connectivity index (χ1v) is 4.96. The second-order valence-electron chi connectivity index (χ2n) is 3.13. The van der Waals surface area contributed by atoms with Crippen LogP contribution in [-0.2, 0) is 0 Å². The summed E-state index contributed by atoms with van der Waals surface area (Å²) < 4.78 is 1.27. The summed E-state index contributed by atoms with van der Waals surface area (Å²) in [6, 6.07) is 6.62. The molecule has 0 saturated heterocycles. The Kier molecular flexibility index (Phi) is 1.91. The maximum absolute atomic E-state index is 3.98. The molecule has 57 valence electrons. The summed E-state index contributed by atoms with van der Waals surface area (Å²) in [6.45, 7) is 3.98. The zero-order valence-corrected chi connectivity index (χ0v) is 8.47. The number of hydrogen-bond donors (Lipinski definition) is 0. The molecule has 11 heavy (non-hydrogen) atoms. The van der Waals surface area contributed by atoms with E-state index < -0.39 is 0 Å². The van der Waals surface area contributed by atoms with Crippen molar-refractivity contribution in [3.63, 3.8) is 0 Å². The average Bonchev–Trinajstić information content (AvgIpc) is 2.77. The second-order valence-corrected chi connectivity index (χ2v) is 4.29. The summed E-state index contributed by atoms with van der Waals surface area (Å²) in [7, 11) is 0. The third kappa shape index (κ3) is 1.58. The van der Waals surface area contributed by atoms with Crippen LogP contribution >= 0.6 is 22.6 Å². The van der Waals surface area contributed by atoms with E-state index in [1.807, 2.05) is 0 Å². The molecule has 1 aliphatic carbocycles. The minimum atomic E-state index is 0.854. The highest BCUT2D eigenvalue weighted by atomic mass is 127. The molecule has 0 heterocycles. The zero-order valence-electron chi connectivity index (χ0n) is 6.31. The second kappa shape index (κ2) is 2.77. The monoisotopic (exact) mass is 257 g/mol. The fourth-order valence-electron chi connectivity index (χ4n) is 1.27. The highest BCUT2D eigenvalue weighted by Gasteiger charge is 2.23. The van der Waals surface area contributed by atoms with Gasteiger partial charge in [-0.3, -0.25) is 0 Å². The average molecular weight is 257 g/mol. The van der Waals surface area contributed by atoms with Crippen LogP contribution in [0.3, 0.4) is 0 Å². The lowest BCUT2D eigenvalue weighted by atomic mass is 10.1. The third-order valence-electron chi connectivity index (χ3n) is 2.12. The number of benzene rings is 1. The molecule has 1 fully saturated rings. The molecule has 1 heteroatoms. The van der Waals surface area contributed by atoms with Gasteiger partial charge in [0.2, 0.25) is 0 Å². The standard InChI is InChI=1S/C10H10I/c1-7-6-9(8-2-3-8)4-5-10(7)11/h4-6,8H,1-3H2. The molecule has 0 amide bonds. The van der Waals surface area contributed by atoms with Crippen molar-refractivity contribution >= 4 is 22.6 Å². The van der Waals surface area contributed by atoms with Gasteiger partial charge in [-0.15, -0.1) is 0 Å². The Labute approximate surface area is 81.1 Å². The summed E-state index contributed by atoms with van der Waals surface area (Å²) in [5.74, 6) is 0.854. The van der Waals surface area contributed by atoms with E-state index in [2.05, 4.69) is 47.7 Å². The van der Waals surface area contributed by atoms with Crippen molar-refractivity contribution in [2.75, 3.05) is 0 Å². The lowest BCUT2D eigenvalue weighted by Gasteiger charge is -2.01. The van der Waals surface area contributed by atoms with Gasteiger partial charge in [-0.2, -0.15) is 0 Å². The highest BCUT2D eigenvalue weighted by molar-refractivity contribution is 14.1. The third-order valence-corrected chi connectivity index (χ3v) is 3.17. The predicted octanol–water partition coefficient (Wildman–Crippen LogP) is 3.35. The van der Waals surface area contributed by atoms with Crippen molar-refractivity contribution in [2.45, 2.75) is 18.8 Å². The van der Waals surface area contributed by atoms with Crippen LogP contribution in [0, 0.1) is 10.5 Å². The summed E-state index contributed by atoms with van der Waals surface area (Å²) >= 11 is 2.32. The van der Waals surface area contributed by atoms with Gasteiger partial charge in [0.1, 0.15) is 0 Å². The molecule has 1 radical (unpaired) electrons. The van der Waals surface area contributed by atoms with Gasteiger partial charge in [-0.25, -0.2) is 0 Å². The molecule has 1 aromatic rings. The SMILES string of the molecule is [CH2]c1cc(C2CC2)ccc1I. The fraction of sp³-hybridized carbons (Fsp3) is 0.300. The van der Waals surface area contributed by atoms with E-state index in [1.54, 1.807) is 0 Å². The van der Waals surface area contributed by atoms with E-state index >= 15 is 0 Å². The molecular weight excluding hydrogens is 247 g/mol. The van der Waals surface area contributed by atoms with Gasteiger partial charge in [-0.05, 0) is 65.5 Å². The molecule has 1 saturated carbocycles. The van der Waals surface area contributed by atoms with Crippen molar-refractivity contribution in [3.8, 4) is 0 Å². The zero-order chi connectivity index (χ0) is 7.84. The Morgan fingerprint density at radius 2 is 2.09 bits per heavy atom. The van der Waals surface area contributed by atoms with Crippen LogP contribution in [-0.4, -0.2) is 0 Å². The minimum Gasteiger partial charge on any atom is -0.0577 e. The van der Waals surface area contributed by atoms with E-state index in [0.29, 0.717) is 0 Å². The van der Waals surface area contributed by atoms with Crippen LogP contribution in [0.4, 0.5) is 0 Å². The van der Waals surface area contributed by atoms with Crippen molar-refractivity contribution in [1.82, 2.24) is 0 Å². The van der Waals surface area contributed by atoms with Crippen LogP contribution in [0.15, 0.2) is 18.2 Å². The molecule has 0 N–H and O–H groups in total. The van der Waals surface area contributed by atoms with E-state index in [0.717, 1.165) is 5.92 Å². The number of hydrogen-bond acceptors (Lipinski definition) is 0. The van der Waals surface area contributed by atoms with Crippen LogP contribution < -0.4 is 0 Å². The summed E-state index contributed by atoms with van der Waals surface area (Å²) in [5, 5.41) is 0. The van der Waals surface area contributed by atoms with E-state index in [1.165, 1.54) is 27.5 Å². The Bertz CT molecular complexity index is 274. The van der Waals surface area contributed by atoms with Crippen molar-refractivity contribution in [3.05, 3.63) is 39.8 Å². The molecule has 0 spiro atoms. The van der Waals surface area contributed by atoms with Crippen LogP contribution in [0.2, 0.25) is 0 Å². The van der Waals surface area contributed by atoms with E-state index in [-0.39, 0.29) is 0 Å². The van der Waals surface area contributed by atoms with E-state index in [9.17, 15) is 0 Å². The first-order valence-electron chi connectivity index (χ1n) is 3.89. The minimum absolute atomic E-state index is 0.854. The number of rotatable bonds is 1. The van der Waals surface area contributed by atoms with Crippen molar-refractivity contribution in [1.29, 1.82) is 0 Å². The lowest BCUT2D eigenvalue weighted by Crippen LogP contribution is -1.83. The van der Waals surface area contributed by atoms with Crippen LogP contribution in [0.5, 0.6) is 0 Å². The molecule has 0 bridgehead atoms. The normalized spacial score (nSPS) is 16.9. The van der Waals surface area contributed by atoms with Gasteiger partial charge in [0.25, 0.3) is 0 Å². The highest BCUT2D eigenvalue weighted by Crippen LogP contribution is 2.40. The van der Waals surface area contributed by atoms with E-state index in [4.69, 9.17) is 0 Å². The Balaban J connectivity index is 2.36. The van der Waals surface area contributed by atoms with Crippen LogP contribution in [0.25, 0.3) is 0 Å². The van der Waals surface area contributed by atoms with Gasteiger partial charge < -0.3 is 0 Å². The quantitative estimate of drug-likeness (QED) is 0.677. The summed E-state index contributed by atoms with van der Waals surface area (Å²) in [5.41, 5.74) is 2.66. The van der Waals surface area contributed by atoms with Crippen molar-refractivity contribution < 1.29 is 0 Å². The Morgan fingerprint density at radius 3 is 2.64 bits per heavy atom. The molecule has 1 aliphatic rings. The molecule has 0 unspecified atom stereocenters. The first kappa shape index (κ1) is 7.59. The maximum atomic E-state index is 3.98. The maximum Gasteiger partial charge on any atom is 0.0162 e. The van der Waals surface area contributed by atoms with Crippen LogP contribution in [0.1, 0.15) is 29.9 Å². The Hall–Kier alpha value is -0.0500. The lowest BCUT2D eigenvalue weighted by molar-refractivity contribution is 1.12. The molecular formula is C10H10I. The van der Waals surface area contributed by atoms with Gasteiger partial charge >= 0.3 is 0 Å². The molecule has 0 nitrogen and oxygen atoms in total. The predicted molar refractivity (Wildman–Crippen MR) is 55.6 cm³/mol. The largest absolute Gasteiger partial charge is 0.0577 e. The smallest absolute Gasteiger partial charge is 0.0162 e. The molecule has 2 rings (SSSR count). The molecule has 0 atom stereocenters. The van der Waals surface area contributed by atoms with Crippen molar-refractivity contribution in [2.24, 2.45) is 0 Å². The molecule has 0 aromatic heterocycles.